The number of unbranched alkanes of at least 4 members (excludes halogenated alkanes) is 1. The lowest BCUT2D eigenvalue weighted by Gasteiger charge is -2.46. The molecule has 0 spiro atoms. The predicted octanol–water partition coefficient (Wildman–Crippen LogP) is 6.75. The number of aliphatic carboxylic acids is 1. The van der Waals surface area contributed by atoms with Gasteiger partial charge in [-0.05, 0) is 73.2 Å². The molecule has 5 rings (SSSR count). The number of benzene rings is 2. The number of halogens is 6. The minimum Gasteiger partial charge on any atom is -0.497 e. The van der Waals surface area contributed by atoms with Crippen LogP contribution in [-0.2, 0) is 33.0 Å². The van der Waals surface area contributed by atoms with E-state index in [2.05, 4.69) is 4.98 Å². The van der Waals surface area contributed by atoms with Crippen LogP contribution in [0.4, 0.5) is 42.5 Å². The van der Waals surface area contributed by atoms with E-state index in [1.807, 2.05) is 4.90 Å². The van der Waals surface area contributed by atoms with E-state index in [9.17, 15) is 35.9 Å². The van der Waals surface area contributed by atoms with E-state index in [1.165, 1.54) is 18.2 Å². The highest BCUT2D eigenvalue weighted by Gasteiger charge is 2.46. The molecule has 0 radical (unpaired) electrons. The number of carbonyl (C=O) groups excluding carboxylic acids is 1. The van der Waals surface area contributed by atoms with E-state index < -0.39 is 47.1 Å². The van der Waals surface area contributed by atoms with E-state index in [0.717, 1.165) is 0 Å². The Morgan fingerprint density at radius 2 is 1.69 bits per heavy atom. The first kappa shape index (κ1) is 38.6. The quantitative estimate of drug-likeness (QED) is 0.160. The van der Waals surface area contributed by atoms with Crippen molar-refractivity contribution in [2.24, 2.45) is 5.73 Å². The standard InChI is InChI=1S/C35H39F6N5O6/c1-3-33(42)19-26(25-18-24(50-2)7-8-28(25)46(33)32(49)52-11-5-4-6-30(47)48)31-43-20-29(45-9-12-51-13-10-45)27(44-31)16-21-14-22(34(36,37)38)17-23(15-21)35(39,40)41/h7-8,14-15,17-18,20,26H,3-6,9-13,16,19,42H2,1-2H3,(H,47,48)/t26-,33+/m0/s1. The molecule has 2 aliphatic rings. The molecule has 0 saturated carbocycles. The van der Waals surface area contributed by atoms with Gasteiger partial charge < -0.3 is 30.0 Å². The summed E-state index contributed by atoms with van der Waals surface area (Å²) in [5.74, 6) is -1.04. The van der Waals surface area contributed by atoms with Crippen LogP contribution in [0.3, 0.4) is 0 Å². The number of aromatic nitrogens is 2. The first-order chi connectivity index (χ1) is 24.5. The predicted molar refractivity (Wildman–Crippen MR) is 176 cm³/mol. The summed E-state index contributed by atoms with van der Waals surface area (Å²) in [6.07, 6.45) is -8.83. The normalized spacial score (nSPS) is 19.3. The molecule has 2 aromatic carbocycles. The average molecular weight is 740 g/mol. The van der Waals surface area contributed by atoms with Crippen molar-refractivity contribution in [2.45, 2.75) is 69.4 Å². The number of ether oxygens (including phenoxy) is 3. The Morgan fingerprint density at radius 1 is 1.02 bits per heavy atom. The summed E-state index contributed by atoms with van der Waals surface area (Å²) in [6.45, 7) is 3.21. The monoisotopic (exact) mass is 739 g/mol. The maximum Gasteiger partial charge on any atom is 0.416 e. The van der Waals surface area contributed by atoms with Gasteiger partial charge in [-0.2, -0.15) is 26.3 Å². The maximum atomic E-state index is 13.8. The van der Waals surface area contributed by atoms with Crippen LogP contribution in [-0.4, -0.2) is 72.8 Å². The van der Waals surface area contributed by atoms with Crippen molar-refractivity contribution in [2.75, 3.05) is 49.8 Å². The zero-order valence-corrected chi connectivity index (χ0v) is 28.5. The van der Waals surface area contributed by atoms with Crippen LogP contribution in [0.5, 0.6) is 5.75 Å². The van der Waals surface area contributed by atoms with Gasteiger partial charge in [0, 0.05) is 31.8 Å². The molecular formula is C35H39F6N5O6. The largest absolute Gasteiger partial charge is 0.497 e. The van der Waals surface area contributed by atoms with Crippen molar-refractivity contribution < 1.29 is 55.2 Å². The summed E-state index contributed by atoms with van der Waals surface area (Å²) in [5.41, 5.74) is 4.01. The molecule has 2 atom stereocenters. The number of amides is 1. The first-order valence-corrected chi connectivity index (χ1v) is 16.7. The second-order valence-electron chi connectivity index (χ2n) is 12.7. The van der Waals surface area contributed by atoms with Crippen molar-refractivity contribution in [1.29, 1.82) is 0 Å². The van der Waals surface area contributed by atoms with Crippen LogP contribution in [0.2, 0.25) is 0 Å². The van der Waals surface area contributed by atoms with Crippen LogP contribution in [0, 0.1) is 0 Å². The minimum absolute atomic E-state index is 0.0433. The van der Waals surface area contributed by atoms with Crippen LogP contribution in [0.25, 0.3) is 0 Å². The molecule has 1 saturated heterocycles. The molecular weight excluding hydrogens is 700 g/mol. The lowest BCUT2D eigenvalue weighted by atomic mass is 9.80. The van der Waals surface area contributed by atoms with Gasteiger partial charge in [0.25, 0.3) is 0 Å². The van der Waals surface area contributed by atoms with Crippen LogP contribution in [0.1, 0.15) is 78.7 Å². The number of methoxy groups -OCH3 is 1. The third kappa shape index (κ3) is 8.69. The molecule has 52 heavy (non-hydrogen) atoms. The van der Waals surface area contributed by atoms with Crippen molar-refractivity contribution in [3.8, 4) is 5.75 Å². The number of carbonyl (C=O) groups is 2. The Balaban J connectivity index is 1.59. The van der Waals surface area contributed by atoms with E-state index in [1.54, 1.807) is 25.1 Å². The van der Waals surface area contributed by atoms with Crippen molar-refractivity contribution in [3.63, 3.8) is 0 Å². The molecule has 282 valence electrons. The lowest BCUT2D eigenvalue weighted by molar-refractivity contribution is -0.143. The molecule has 3 heterocycles. The Bertz CT molecular complexity index is 1730. The summed E-state index contributed by atoms with van der Waals surface area (Å²) < 4.78 is 99.2. The van der Waals surface area contributed by atoms with Crippen LogP contribution in [0.15, 0.2) is 42.6 Å². The van der Waals surface area contributed by atoms with Crippen molar-refractivity contribution in [1.82, 2.24) is 9.97 Å². The fraction of sp³-hybridized carbons (Fsp3) is 0.486. The highest BCUT2D eigenvalue weighted by Crippen LogP contribution is 2.47. The number of hydrogen-bond acceptors (Lipinski definition) is 9. The highest BCUT2D eigenvalue weighted by atomic mass is 19.4. The van der Waals surface area contributed by atoms with Gasteiger partial charge >= 0.3 is 24.4 Å². The smallest absolute Gasteiger partial charge is 0.416 e. The van der Waals surface area contributed by atoms with Crippen LogP contribution >= 0.6 is 0 Å². The van der Waals surface area contributed by atoms with E-state index >= 15 is 0 Å². The van der Waals surface area contributed by atoms with Gasteiger partial charge in [0.1, 0.15) is 17.2 Å². The van der Waals surface area contributed by atoms with Gasteiger partial charge in [-0.15, -0.1) is 0 Å². The average Bonchev–Trinajstić information content (AvgIpc) is 3.10. The number of rotatable bonds is 11. The third-order valence-corrected chi connectivity index (χ3v) is 9.21. The van der Waals surface area contributed by atoms with E-state index in [0.29, 0.717) is 74.0 Å². The summed E-state index contributed by atoms with van der Waals surface area (Å²) in [5, 5.41) is 8.91. The number of carboxylic acid groups (broad SMARTS) is 1. The fourth-order valence-corrected chi connectivity index (χ4v) is 6.46. The molecule has 1 amide bonds. The van der Waals surface area contributed by atoms with Gasteiger partial charge in [-0.3, -0.25) is 9.69 Å². The summed E-state index contributed by atoms with van der Waals surface area (Å²) in [7, 11) is 1.46. The van der Waals surface area contributed by atoms with Crippen molar-refractivity contribution in [3.05, 3.63) is 76.4 Å². The molecule has 2 aliphatic heterocycles. The van der Waals surface area contributed by atoms with Gasteiger partial charge in [-0.25, -0.2) is 14.8 Å². The molecule has 11 nitrogen and oxygen atoms in total. The van der Waals surface area contributed by atoms with E-state index in [-0.39, 0.29) is 55.4 Å². The molecule has 3 aromatic rings. The maximum absolute atomic E-state index is 13.8. The third-order valence-electron chi connectivity index (χ3n) is 9.21. The summed E-state index contributed by atoms with van der Waals surface area (Å²) in [4.78, 5) is 37.1. The fourth-order valence-electron chi connectivity index (χ4n) is 6.46. The Morgan fingerprint density at radius 3 is 2.29 bits per heavy atom. The number of fused-ring (bicyclic) bond motifs is 1. The zero-order valence-electron chi connectivity index (χ0n) is 28.5. The van der Waals surface area contributed by atoms with E-state index in [4.69, 9.17) is 30.0 Å². The summed E-state index contributed by atoms with van der Waals surface area (Å²) in [6, 6.07) is 6.41. The number of alkyl halides is 6. The Kier molecular flexibility index (Phi) is 11.5. The Hall–Kier alpha value is -4.64. The first-order valence-electron chi connectivity index (χ1n) is 16.7. The number of hydrogen-bond donors (Lipinski definition) is 2. The van der Waals surface area contributed by atoms with Gasteiger partial charge in [0.2, 0.25) is 0 Å². The number of nitrogens with zero attached hydrogens (tertiary/aromatic N) is 4. The number of carboxylic acids is 1. The molecule has 17 heteroatoms. The molecule has 1 fully saturated rings. The number of morpholine rings is 1. The second-order valence-corrected chi connectivity index (χ2v) is 12.7. The van der Waals surface area contributed by atoms with Crippen LogP contribution < -0.4 is 20.3 Å². The number of nitrogens with two attached hydrogens (primary N) is 1. The SMILES string of the molecule is CC[C@]1(N)C[C@H](c2ncc(N3CCOCC3)c(Cc3cc(C(F)(F)F)cc(C(F)(F)F)c3)n2)c2cc(OC)ccc2N1C(=O)OCCCCC(=O)O. The second kappa shape index (κ2) is 15.5. The van der Waals surface area contributed by atoms with Gasteiger partial charge in [0.05, 0.1) is 61.3 Å². The number of anilines is 2. The minimum atomic E-state index is -5.03. The lowest BCUT2D eigenvalue weighted by Crippen LogP contribution is -2.61. The topological polar surface area (TPSA) is 140 Å². The zero-order chi connectivity index (χ0) is 37.8. The summed E-state index contributed by atoms with van der Waals surface area (Å²) >= 11 is 0. The molecule has 0 aliphatic carbocycles. The molecule has 0 unspecified atom stereocenters. The highest BCUT2D eigenvalue weighted by molar-refractivity contribution is 5.91. The van der Waals surface area contributed by atoms with Crippen molar-refractivity contribution >= 4 is 23.4 Å². The molecule has 1 aromatic heterocycles. The molecule has 0 bridgehead atoms. The Labute approximate surface area is 295 Å². The molecule has 3 N–H and O–H groups in total. The van der Waals surface area contributed by atoms with Gasteiger partial charge in [-0.1, -0.05) is 6.92 Å². The van der Waals surface area contributed by atoms with Gasteiger partial charge in [0.15, 0.2) is 0 Å².